The topological polar surface area (TPSA) is 0 Å². The molecule has 0 aromatic carbocycles. The third-order valence-electron chi connectivity index (χ3n) is 6.95. The standard InChI is InChI=1S/C19H35B2I/c1-18(2,3)14-8-12-17(13-9-14)21(22)19(4,5)15-6-10-16(20)11-7-15/h14-17H,6-13H2,1-5H3. The molecule has 2 rings (SSSR count). The Morgan fingerprint density at radius 1 is 0.773 bits per heavy atom. The predicted molar refractivity (Wildman–Crippen MR) is 110 cm³/mol. The van der Waals surface area contributed by atoms with E-state index in [9.17, 15) is 0 Å². The molecule has 0 atom stereocenters. The van der Waals surface area contributed by atoms with E-state index < -0.39 is 0 Å². The summed E-state index contributed by atoms with van der Waals surface area (Å²) in [5.74, 6) is 3.23. The third-order valence-corrected chi connectivity index (χ3v) is 9.57. The van der Waals surface area contributed by atoms with Gasteiger partial charge in [-0.15, -0.1) is 22.4 Å². The van der Waals surface area contributed by atoms with E-state index >= 15 is 0 Å². The van der Waals surface area contributed by atoms with Gasteiger partial charge < -0.3 is 0 Å². The van der Waals surface area contributed by atoms with Crippen LogP contribution in [0.1, 0.15) is 86.0 Å². The van der Waals surface area contributed by atoms with Gasteiger partial charge in [0.2, 0.25) is 4.57 Å². The Kier molecular flexibility index (Phi) is 6.45. The highest BCUT2D eigenvalue weighted by Crippen LogP contribution is 2.55. The Labute approximate surface area is 154 Å². The van der Waals surface area contributed by atoms with Crippen LogP contribution < -0.4 is 0 Å². The van der Waals surface area contributed by atoms with Gasteiger partial charge in [0.1, 0.15) is 0 Å². The molecule has 0 aliphatic heterocycles. The predicted octanol–water partition coefficient (Wildman–Crippen LogP) is 6.95. The molecule has 0 aromatic heterocycles. The van der Waals surface area contributed by atoms with Crippen molar-refractivity contribution < 1.29 is 0 Å². The van der Waals surface area contributed by atoms with Gasteiger partial charge in [-0.05, 0) is 22.6 Å². The van der Waals surface area contributed by atoms with Crippen LogP contribution in [0.4, 0.5) is 0 Å². The fourth-order valence-electron chi connectivity index (χ4n) is 4.97. The zero-order valence-corrected chi connectivity index (χ0v) is 17.7. The fourth-order valence-corrected chi connectivity index (χ4v) is 6.20. The molecule has 0 amide bonds. The minimum absolute atomic E-state index is 0.472. The van der Waals surface area contributed by atoms with Gasteiger partial charge in [-0.1, -0.05) is 97.6 Å². The lowest BCUT2D eigenvalue weighted by molar-refractivity contribution is 0.178. The first-order valence-corrected chi connectivity index (χ1v) is 10.8. The van der Waals surface area contributed by atoms with E-state index in [-0.39, 0.29) is 0 Å². The molecule has 0 bridgehead atoms. The molecule has 0 unspecified atom stereocenters. The van der Waals surface area contributed by atoms with Crippen molar-refractivity contribution in [3.05, 3.63) is 0 Å². The van der Waals surface area contributed by atoms with Crippen LogP contribution in [0.5, 0.6) is 0 Å². The average molecular weight is 412 g/mol. The van der Waals surface area contributed by atoms with Crippen LogP contribution in [0.25, 0.3) is 0 Å². The molecule has 3 heteroatoms. The van der Waals surface area contributed by atoms with Crippen molar-refractivity contribution >= 4 is 34.8 Å². The quantitative estimate of drug-likeness (QED) is 0.348. The van der Waals surface area contributed by atoms with Crippen molar-refractivity contribution in [1.29, 1.82) is 0 Å². The summed E-state index contributed by atoms with van der Waals surface area (Å²) in [7, 11) is 6.11. The van der Waals surface area contributed by atoms with Crippen molar-refractivity contribution in [2.75, 3.05) is 0 Å². The SMILES string of the molecule is [B]C1CCC(C(C)(C)B(I)C2CCC(C(C)(C)C)CC2)CC1. The molecule has 0 spiro atoms. The highest BCUT2D eigenvalue weighted by Gasteiger charge is 2.44. The smallest absolute Gasteiger partial charge is 0.149 e. The Morgan fingerprint density at radius 2 is 1.23 bits per heavy atom. The first kappa shape index (κ1) is 19.2. The van der Waals surface area contributed by atoms with Crippen LogP contribution >= 0.6 is 22.4 Å². The normalized spacial score (nSPS) is 34.5. The summed E-state index contributed by atoms with van der Waals surface area (Å²) in [5, 5.41) is 0.472. The van der Waals surface area contributed by atoms with E-state index in [1.54, 1.807) is 0 Å². The van der Waals surface area contributed by atoms with Crippen molar-refractivity contribution in [2.24, 2.45) is 17.3 Å². The van der Waals surface area contributed by atoms with E-state index in [4.69, 9.17) is 7.85 Å². The largest absolute Gasteiger partial charge is 0.227 e. The Hall–Kier alpha value is 0.860. The van der Waals surface area contributed by atoms with Gasteiger partial charge in [0, 0.05) is 0 Å². The minimum Gasteiger partial charge on any atom is -0.149 e. The van der Waals surface area contributed by atoms with Gasteiger partial charge in [-0.25, -0.2) is 0 Å². The molecule has 0 saturated heterocycles. The van der Waals surface area contributed by atoms with Crippen LogP contribution in [-0.4, -0.2) is 12.4 Å². The third kappa shape index (κ3) is 4.48. The van der Waals surface area contributed by atoms with Crippen molar-refractivity contribution in [3.63, 3.8) is 0 Å². The average Bonchev–Trinajstić information content (AvgIpc) is 2.46. The molecule has 0 N–H and O–H groups in total. The first-order chi connectivity index (χ1) is 10.1. The molecule has 124 valence electrons. The maximum absolute atomic E-state index is 6.11. The van der Waals surface area contributed by atoms with Crippen LogP contribution in [-0.2, 0) is 0 Å². The molecule has 2 saturated carbocycles. The van der Waals surface area contributed by atoms with Crippen LogP contribution in [0.3, 0.4) is 0 Å². The number of rotatable bonds is 3. The van der Waals surface area contributed by atoms with E-state index in [2.05, 4.69) is 57.0 Å². The first-order valence-electron chi connectivity index (χ1n) is 9.52. The zero-order chi connectivity index (χ0) is 16.5. The summed E-state index contributed by atoms with van der Waals surface area (Å²) >= 11 is 2.81. The van der Waals surface area contributed by atoms with E-state index in [1.165, 1.54) is 51.4 Å². The number of halogens is 1. The Balaban J connectivity index is 1.92. The maximum Gasteiger partial charge on any atom is 0.227 e. The molecular weight excluding hydrogens is 377 g/mol. The number of hydrogen-bond donors (Lipinski definition) is 0. The molecule has 2 aliphatic rings. The second-order valence-electron chi connectivity index (χ2n) is 9.81. The summed E-state index contributed by atoms with van der Waals surface area (Å²) in [6.07, 6.45) is 11.0. The highest BCUT2D eigenvalue weighted by atomic mass is 127. The van der Waals surface area contributed by atoms with Crippen LogP contribution in [0, 0.1) is 17.3 Å². The fraction of sp³-hybridized carbons (Fsp3) is 1.00. The van der Waals surface area contributed by atoms with Gasteiger partial charge in [-0.2, -0.15) is 0 Å². The molecule has 0 heterocycles. The van der Waals surface area contributed by atoms with Gasteiger partial charge in [0.05, 0.1) is 7.85 Å². The van der Waals surface area contributed by atoms with Gasteiger partial charge in [0.15, 0.2) is 0 Å². The maximum atomic E-state index is 6.11. The summed E-state index contributed by atoms with van der Waals surface area (Å²) in [4.78, 5) is 0. The van der Waals surface area contributed by atoms with E-state index in [0.29, 0.717) is 16.5 Å². The summed E-state index contributed by atoms with van der Waals surface area (Å²) in [6, 6.07) is 0. The lowest BCUT2D eigenvalue weighted by atomic mass is 9.39. The van der Waals surface area contributed by atoms with Crippen LogP contribution in [0.15, 0.2) is 0 Å². The lowest BCUT2D eigenvalue weighted by Gasteiger charge is -2.45. The minimum atomic E-state index is 0.472. The summed E-state index contributed by atoms with van der Waals surface area (Å²) in [5.41, 5.74) is 0.501. The number of hydrogen-bond acceptors (Lipinski definition) is 0. The molecule has 2 aliphatic carbocycles. The van der Waals surface area contributed by atoms with Crippen molar-refractivity contribution in [3.8, 4) is 0 Å². The van der Waals surface area contributed by atoms with E-state index in [1.807, 2.05) is 0 Å². The monoisotopic (exact) mass is 412 g/mol. The van der Waals surface area contributed by atoms with Gasteiger partial charge in [-0.3, -0.25) is 0 Å². The second-order valence-corrected chi connectivity index (χ2v) is 11.2. The van der Waals surface area contributed by atoms with Crippen molar-refractivity contribution in [2.45, 2.75) is 103 Å². The Bertz CT molecular complexity index is 345. The van der Waals surface area contributed by atoms with Crippen molar-refractivity contribution in [1.82, 2.24) is 0 Å². The second kappa shape index (κ2) is 7.40. The molecule has 0 nitrogen and oxygen atoms in total. The molecular formula is C19H35B2I. The van der Waals surface area contributed by atoms with Gasteiger partial charge >= 0.3 is 0 Å². The highest BCUT2D eigenvalue weighted by molar-refractivity contribution is 14.1. The molecule has 0 aromatic rings. The lowest BCUT2D eigenvalue weighted by Crippen LogP contribution is -2.37. The van der Waals surface area contributed by atoms with Gasteiger partial charge in [0.25, 0.3) is 0 Å². The molecule has 22 heavy (non-hydrogen) atoms. The summed E-state index contributed by atoms with van der Waals surface area (Å²) in [6.45, 7) is 12.4. The van der Waals surface area contributed by atoms with Crippen LogP contribution in [0.2, 0.25) is 16.9 Å². The Morgan fingerprint density at radius 3 is 1.68 bits per heavy atom. The zero-order valence-electron chi connectivity index (χ0n) is 15.5. The molecule has 2 radical (unpaired) electrons. The van der Waals surface area contributed by atoms with E-state index in [0.717, 1.165) is 22.2 Å². The summed E-state index contributed by atoms with van der Waals surface area (Å²) < 4.78 is 0.824. The molecule has 2 fully saturated rings.